The maximum absolute atomic E-state index is 12.3. The van der Waals surface area contributed by atoms with Crippen LogP contribution in [0.15, 0.2) is 12.5 Å². The average Bonchev–Trinajstić information content (AvgIpc) is 2.99. The standard InChI is InChI=1S/C10H16N4O2S/c15-17(16,13-3-1-2-4-13)14-6-5-12-9-11-7-10(12)8-14/h7,9H,1-6,8H2. The molecule has 2 aliphatic heterocycles. The van der Waals surface area contributed by atoms with Crippen molar-refractivity contribution >= 4 is 10.2 Å². The molecule has 0 spiro atoms. The molecule has 0 amide bonds. The van der Waals surface area contributed by atoms with Gasteiger partial charge in [-0.25, -0.2) is 4.98 Å². The third-order valence-electron chi connectivity index (χ3n) is 3.44. The summed E-state index contributed by atoms with van der Waals surface area (Å²) >= 11 is 0. The molecule has 7 heteroatoms. The Balaban J connectivity index is 1.82. The van der Waals surface area contributed by atoms with E-state index in [1.807, 2.05) is 4.57 Å². The van der Waals surface area contributed by atoms with Gasteiger partial charge < -0.3 is 4.57 Å². The number of fused-ring (bicyclic) bond motifs is 1. The summed E-state index contributed by atoms with van der Waals surface area (Å²) in [6.07, 6.45) is 5.46. The van der Waals surface area contributed by atoms with E-state index in [-0.39, 0.29) is 0 Å². The van der Waals surface area contributed by atoms with Crippen LogP contribution in [0.1, 0.15) is 18.5 Å². The normalized spacial score (nSPS) is 22.8. The second kappa shape index (κ2) is 4.08. The Bertz CT molecular complexity index is 504. The largest absolute Gasteiger partial charge is 0.332 e. The molecule has 3 rings (SSSR count). The van der Waals surface area contributed by atoms with E-state index in [9.17, 15) is 8.42 Å². The molecular weight excluding hydrogens is 240 g/mol. The molecule has 2 aliphatic rings. The van der Waals surface area contributed by atoms with E-state index in [0.717, 1.165) is 18.5 Å². The molecule has 17 heavy (non-hydrogen) atoms. The van der Waals surface area contributed by atoms with Gasteiger partial charge in [-0.1, -0.05) is 0 Å². The van der Waals surface area contributed by atoms with E-state index < -0.39 is 10.2 Å². The Morgan fingerprint density at radius 1 is 1.06 bits per heavy atom. The second-order valence-electron chi connectivity index (χ2n) is 4.53. The quantitative estimate of drug-likeness (QED) is 0.750. The van der Waals surface area contributed by atoms with Crippen LogP contribution in [0.4, 0.5) is 0 Å². The van der Waals surface area contributed by atoms with E-state index in [2.05, 4.69) is 4.98 Å². The van der Waals surface area contributed by atoms with Gasteiger partial charge in [0.05, 0.1) is 18.6 Å². The summed E-state index contributed by atoms with van der Waals surface area (Å²) in [6.45, 7) is 3.01. The number of hydrogen-bond donors (Lipinski definition) is 0. The van der Waals surface area contributed by atoms with E-state index in [1.165, 1.54) is 0 Å². The molecule has 1 saturated heterocycles. The minimum Gasteiger partial charge on any atom is -0.332 e. The van der Waals surface area contributed by atoms with E-state index >= 15 is 0 Å². The predicted molar refractivity (Wildman–Crippen MR) is 62.4 cm³/mol. The van der Waals surface area contributed by atoms with Gasteiger partial charge in [-0.2, -0.15) is 17.0 Å². The Morgan fingerprint density at radius 2 is 1.82 bits per heavy atom. The smallest absolute Gasteiger partial charge is 0.282 e. The van der Waals surface area contributed by atoms with Crippen molar-refractivity contribution in [2.45, 2.75) is 25.9 Å². The predicted octanol–water partition coefficient (Wildman–Crippen LogP) is 0.0393. The fourth-order valence-corrected chi connectivity index (χ4v) is 4.09. The van der Waals surface area contributed by atoms with E-state index in [0.29, 0.717) is 32.7 Å². The number of rotatable bonds is 2. The maximum Gasteiger partial charge on any atom is 0.282 e. The number of aromatic nitrogens is 2. The van der Waals surface area contributed by atoms with Crippen molar-refractivity contribution in [3.8, 4) is 0 Å². The molecular formula is C10H16N4O2S. The zero-order chi connectivity index (χ0) is 11.9. The Morgan fingerprint density at radius 3 is 2.59 bits per heavy atom. The van der Waals surface area contributed by atoms with Gasteiger partial charge in [0, 0.05) is 32.4 Å². The number of nitrogens with zero attached hydrogens (tertiary/aromatic N) is 4. The SMILES string of the molecule is O=S(=O)(N1CCCC1)N1CCn2cncc2C1. The van der Waals surface area contributed by atoms with Gasteiger partial charge in [0.25, 0.3) is 10.2 Å². The van der Waals surface area contributed by atoms with Crippen LogP contribution in [0.5, 0.6) is 0 Å². The van der Waals surface area contributed by atoms with Gasteiger partial charge in [0.15, 0.2) is 0 Å². The lowest BCUT2D eigenvalue weighted by Crippen LogP contribution is -2.45. The molecule has 1 aromatic rings. The summed E-state index contributed by atoms with van der Waals surface area (Å²) in [5.41, 5.74) is 0.971. The van der Waals surface area contributed by atoms with Crippen LogP contribution in [0.2, 0.25) is 0 Å². The molecule has 0 radical (unpaired) electrons. The Labute approximate surface area is 101 Å². The van der Waals surface area contributed by atoms with Gasteiger partial charge in [-0.05, 0) is 12.8 Å². The van der Waals surface area contributed by atoms with E-state index in [4.69, 9.17) is 0 Å². The zero-order valence-corrected chi connectivity index (χ0v) is 10.4. The summed E-state index contributed by atoms with van der Waals surface area (Å²) in [5, 5.41) is 0. The molecule has 3 heterocycles. The van der Waals surface area contributed by atoms with Crippen molar-refractivity contribution in [1.82, 2.24) is 18.2 Å². The average molecular weight is 256 g/mol. The molecule has 0 aromatic carbocycles. The summed E-state index contributed by atoms with van der Waals surface area (Å²) in [5.74, 6) is 0. The molecule has 0 atom stereocenters. The zero-order valence-electron chi connectivity index (χ0n) is 9.62. The first-order chi connectivity index (χ1) is 8.18. The van der Waals surface area contributed by atoms with Crippen molar-refractivity contribution in [3.63, 3.8) is 0 Å². The molecule has 6 nitrogen and oxygen atoms in total. The van der Waals surface area contributed by atoms with Crippen LogP contribution < -0.4 is 0 Å². The highest BCUT2D eigenvalue weighted by Crippen LogP contribution is 2.21. The molecule has 0 N–H and O–H groups in total. The van der Waals surface area contributed by atoms with Gasteiger partial charge in [-0.3, -0.25) is 0 Å². The molecule has 0 saturated carbocycles. The molecule has 94 valence electrons. The fourth-order valence-electron chi connectivity index (χ4n) is 2.44. The van der Waals surface area contributed by atoms with Crippen LogP contribution in [0, 0.1) is 0 Å². The first-order valence-corrected chi connectivity index (χ1v) is 7.32. The summed E-state index contributed by atoms with van der Waals surface area (Å²) < 4.78 is 29.9. The van der Waals surface area contributed by atoms with Crippen LogP contribution >= 0.6 is 0 Å². The molecule has 0 bridgehead atoms. The van der Waals surface area contributed by atoms with Gasteiger partial charge >= 0.3 is 0 Å². The highest BCUT2D eigenvalue weighted by atomic mass is 32.2. The van der Waals surface area contributed by atoms with Gasteiger partial charge in [0.2, 0.25) is 0 Å². The van der Waals surface area contributed by atoms with Crippen LogP contribution in [-0.4, -0.2) is 46.2 Å². The van der Waals surface area contributed by atoms with E-state index in [1.54, 1.807) is 21.1 Å². The van der Waals surface area contributed by atoms with Crippen molar-refractivity contribution in [3.05, 3.63) is 18.2 Å². The first kappa shape index (κ1) is 11.2. The molecule has 1 aromatic heterocycles. The molecule has 1 fully saturated rings. The molecule has 0 unspecified atom stereocenters. The summed E-state index contributed by atoms with van der Waals surface area (Å²) in [7, 11) is -3.26. The van der Waals surface area contributed by atoms with Gasteiger partial charge in [-0.15, -0.1) is 0 Å². The summed E-state index contributed by atoms with van der Waals surface area (Å²) in [6, 6.07) is 0. The first-order valence-electron chi connectivity index (χ1n) is 5.92. The minimum atomic E-state index is -3.26. The topological polar surface area (TPSA) is 58.4 Å². The fraction of sp³-hybridized carbons (Fsp3) is 0.700. The number of hydrogen-bond acceptors (Lipinski definition) is 3. The molecule has 0 aliphatic carbocycles. The lowest BCUT2D eigenvalue weighted by molar-refractivity contribution is 0.311. The maximum atomic E-state index is 12.3. The highest BCUT2D eigenvalue weighted by molar-refractivity contribution is 7.86. The van der Waals surface area contributed by atoms with Crippen molar-refractivity contribution in [1.29, 1.82) is 0 Å². The van der Waals surface area contributed by atoms with Gasteiger partial charge in [0.1, 0.15) is 0 Å². The second-order valence-corrected chi connectivity index (χ2v) is 6.45. The lowest BCUT2D eigenvalue weighted by atomic mass is 10.4. The summed E-state index contributed by atoms with van der Waals surface area (Å²) in [4.78, 5) is 4.05. The number of imidazole rings is 1. The van der Waals surface area contributed by atoms with Crippen molar-refractivity contribution in [2.75, 3.05) is 19.6 Å². The third kappa shape index (κ3) is 1.88. The van der Waals surface area contributed by atoms with Crippen LogP contribution in [-0.2, 0) is 23.3 Å². The lowest BCUT2D eigenvalue weighted by Gasteiger charge is -2.30. The van der Waals surface area contributed by atoms with Crippen LogP contribution in [0.25, 0.3) is 0 Å². The minimum absolute atomic E-state index is 0.443. The van der Waals surface area contributed by atoms with Crippen LogP contribution in [0.3, 0.4) is 0 Å². The Hall–Kier alpha value is -0.920. The Kier molecular flexibility index (Phi) is 2.68. The highest BCUT2D eigenvalue weighted by Gasteiger charge is 2.33. The monoisotopic (exact) mass is 256 g/mol. The third-order valence-corrected chi connectivity index (χ3v) is 5.43. The van der Waals surface area contributed by atoms with Crippen molar-refractivity contribution < 1.29 is 8.42 Å². The van der Waals surface area contributed by atoms with Crippen molar-refractivity contribution in [2.24, 2.45) is 0 Å².